The van der Waals surface area contributed by atoms with E-state index in [-0.39, 0.29) is 11.4 Å². The number of anilines is 1. The van der Waals surface area contributed by atoms with Gasteiger partial charge in [-0.2, -0.15) is 11.3 Å². The molecule has 0 atom stereocenters. The van der Waals surface area contributed by atoms with Crippen molar-refractivity contribution in [3.8, 4) is 5.75 Å². The molecular weight excluding hydrogens is 296 g/mol. The van der Waals surface area contributed by atoms with Crippen LogP contribution < -0.4 is 15.2 Å². The van der Waals surface area contributed by atoms with Gasteiger partial charge in [-0.15, -0.1) is 0 Å². The summed E-state index contributed by atoms with van der Waals surface area (Å²) in [6.07, 6.45) is 0. The van der Waals surface area contributed by atoms with Crippen LogP contribution in [0.2, 0.25) is 0 Å². The molecule has 3 N–H and O–H groups in total. The van der Waals surface area contributed by atoms with Gasteiger partial charge in [0.25, 0.3) is 10.0 Å². The lowest BCUT2D eigenvalue weighted by molar-refractivity contribution is 0.336. The van der Waals surface area contributed by atoms with Crippen molar-refractivity contribution in [2.75, 3.05) is 11.3 Å². The quantitative estimate of drug-likeness (QED) is 0.858. The van der Waals surface area contributed by atoms with Crippen LogP contribution in [0, 0.1) is 0 Å². The molecule has 0 unspecified atom stereocenters. The zero-order valence-electron chi connectivity index (χ0n) is 11.0. The molecule has 1 heterocycles. The smallest absolute Gasteiger partial charge is 0.261 e. The monoisotopic (exact) mass is 312 g/mol. The summed E-state index contributed by atoms with van der Waals surface area (Å²) in [5.74, 6) is 0.615. The Labute approximate surface area is 122 Å². The first-order valence-electron chi connectivity index (χ1n) is 6.07. The summed E-state index contributed by atoms with van der Waals surface area (Å²) >= 11 is 1.43. The lowest BCUT2D eigenvalue weighted by Crippen LogP contribution is -2.13. The van der Waals surface area contributed by atoms with E-state index in [9.17, 15) is 8.42 Å². The van der Waals surface area contributed by atoms with Crippen molar-refractivity contribution in [1.82, 2.24) is 0 Å². The Kier molecular flexibility index (Phi) is 4.64. The summed E-state index contributed by atoms with van der Waals surface area (Å²) in [6, 6.07) is 6.40. The molecule has 0 saturated carbocycles. The summed E-state index contributed by atoms with van der Waals surface area (Å²) in [4.78, 5) is 0.174. The molecule has 108 valence electrons. The van der Waals surface area contributed by atoms with E-state index in [1.165, 1.54) is 17.4 Å². The molecule has 0 amide bonds. The number of thiophene rings is 1. The fraction of sp³-hybridized carbons (Fsp3) is 0.231. The van der Waals surface area contributed by atoms with Gasteiger partial charge in [-0.05, 0) is 36.6 Å². The van der Waals surface area contributed by atoms with Gasteiger partial charge in [0, 0.05) is 17.5 Å². The van der Waals surface area contributed by atoms with Gasteiger partial charge in [-0.25, -0.2) is 8.42 Å². The van der Waals surface area contributed by atoms with E-state index in [1.54, 1.807) is 29.0 Å². The van der Waals surface area contributed by atoms with Crippen LogP contribution in [0.15, 0.2) is 39.9 Å². The van der Waals surface area contributed by atoms with Gasteiger partial charge in [0.1, 0.15) is 5.75 Å². The van der Waals surface area contributed by atoms with Gasteiger partial charge in [-0.3, -0.25) is 4.72 Å². The molecule has 0 fully saturated rings. The summed E-state index contributed by atoms with van der Waals surface area (Å²) < 4.78 is 32.4. The van der Waals surface area contributed by atoms with Crippen LogP contribution in [0.3, 0.4) is 0 Å². The zero-order valence-corrected chi connectivity index (χ0v) is 12.6. The molecule has 0 aliphatic carbocycles. The van der Waals surface area contributed by atoms with Gasteiger partial charge in [0.05, 0.1) is 17.2 Å². The molecule has 0 bridgehead atoms. The van der Waals surface area contributed by atoms with Gasteiger partial charge in [0.2, 0.25) is 0 Å². The molecular formula is C13H16N2O3S2. The fourth-order valence-electron chi connectivity index (χ4n) is 1.72. The van der Waals surface area contributed by atoms with E-state index >= 15 is 0 Å². The van der Waals surface area contributed by atoms with Crippen LogP contribution in [-0.4, -0.2) is 15.0 Å². The highest BCUT2D eigenvalue weighted by atomic mass is 32.2. The van der Waals surface area contributed by atoms with Gasteiger partial charge >= 0.3 is 0 Å². The van der Waals surface area contributed by atoms with E-state index in [1.807, 2.05) is 6.92 Å². The van der Waals surface area contributed by atoms with Crippen LogP contribution in [0.4, 0.5) is 5.69 Å². The SMILES string of the molecule is CCOc1ccc(S(=O)(=O)Nc2ccsc2)cc1CN. The van der Waals surface area contributed by atoms with Crippen LogP contribution in [0.5, 0.6) is 5.75 Å². The molecule has 5 nitrogen and oxygen atoms in total. The first kappa shape index (κ1) is 14.8. The number of rotatable bonds is 6. The minimum absolute atomic E-state index is 0.174. The minimum atomic E-state index is -3.60. The molecule has 7 heteroatoms. The van der Waals surface area contributed by atoms with Crippen molar-refractivity contribution in [3.05, 3.63) is 40.6 Å². The zero-order chi connectivity index (χ0) is 14.6. The summed E-state index contributed by atoms with van der Waals surface area (Å²) in [6.45, 7) is 2.59. The summed E-state index contributed by atoms with van der Waals surface area (Å²) in [7, 11) is -3.60. The standard InChI is InChI=1S/C13H16N2O3S2/c1-2-18-13-4-3-12(7-10(13)8-14)20(16,17)15-11-5-6-19-9-11/h3-7,9,15H,2,8,14H2,1H3. The summed E-state index contributed by atoms with van der Waals surface area (Å²) in [5, 5.41) is 3.54. The van der Waals surface area contributed by atoms with E-state index in [2.05, 4.69) is 4.72 Å². The highest BCUT2D eigenvalue weighted by Gasteiger charge is 2.16. The Hall–Kier alpha value is -1.57. The Bertz CT molecular complexity index is 667. The van der Waals surface area contributed by atoms with Gasteiger partial charge in [0.15, 0.2) is 0 Å². The van der Waals surface area contributed by atoms with Gasteiger partial charge < -0.3 is 10.5 Å². The number of hydrogen-bond donors (Lipinski definition) is 2. The third-order valence-electron chi connectivity index (χ3n) is 2.64. The molecule has 2 rings (SSSR count). The Morgan fingerprint density at radius 3 is 2.75 bits per heavy atom. The van der Waals surface area contributed by atoms with E-state index < -0.39 is 10.0 Å². The predicted molar refractivity (Wildman–Crippen MR) is 80.6 cm³/mol. The van der Waals surface area contributed by atoms with Crippen LogP contribution in [0.25, 0.3) is 0 Å². The number of ether oxygens (including phenoxy) is 1. The first-order chi connectivity index (χ1) is 9.56. The van der Waals surface area contributed by atoms with E-state index in [0.717, 1.165) is 0 Å². The van der Waals surface area contributed by atoms with Crippen molar-refractivity contribution >= 4 is 27.0 Å². The van der Waals surface area contributed by atoms with Crippen molar-refractivity contribution in [2.24, 2.45) is 5.73 Å². The van der Waals surface area contributed by atoms with Gasteiger partial charge in [-0.1, -0.05) is 0 Å². The second-order valence-corrected chi connectivity index (χ2v) is 6.49. The Morgan fingerprint density at radius 2 is 2.15 bits per heavy atom. The maximum atomic E-state index is 12.2. The average Bonchev–Trinajstić information content (AvgIpc) is 2.91. The lowest BCUT2D eigenvalue weighted by Gasteiger charge is -2.11. The van der Waals surface area contributed by atoms with E-state index in [4.69, 9.17) is 10.5 Å². The molecule has 0 saturated heterocycles. The van der Waals surface area contributed by atoms with Crippen LogP contribution >= 0.6 is 11.3 Å². The topological polar surface area (TPSA) is 81.4 Å². The van der Waals surface area contributed by atoms with Crippen molar-refractivity contribution in [1.29, 1.82) is 0 Å². The van der Waals surface area contributed by atoms with Crippen molar-refractivity contribution < 1.29 is 13.2 Å². The Morgan fingerprint density at radius 1 is 1.35 bits per heavy atom. The molecule has 1 aromatic heterocycles. The maximum Gasteiger partial charge on any atom is 0.261 e. The normalized spacial score (nSPS) is 11.3. The lowest BCUT2D eigenvalue weighted by atomic mass is 10.2. The number of benzene rings is 1. The highest BCUT2D eigenvalue weighted by molar-refractivity contribution is 7.92. The second-order valence-electron chi connectivity index (χ2n) is 4.02. The van der Waals surface area contributed by atoms with Crippen LogP contribution in [0.1, 0.15) is 12.5 Å². The fourth-order valence-corrected chi connectivity index (χ4v) is 3.48. The Balaban J connectivity index is 2.32. The molecule has 1 aromatic carbocycles. The van der Waals surface area contributed by atoms with Crippen molar-refractivity contribution in [3.63, 3.8) is 0 Å². The molecule has 0 aliphatic heterocycles. The highest BCUT2D eigenvalue weighted by Crippen LogP contribution is 2.24. The third-order valence-corrected chi connectivity index (χ3v) is 4.70. The average molecular weight is 312 g/mol. The third kappa shape index (κ3) is 3.30. The number of hydrogen-bond acceptors (Lipinski definition) is 5. The maximum absolute atomic E-state index is 12.2. The van der Waals surface area contributed by atoms with Crippen LogP contribution in [-0.2, 0) is 16.6 Å². The molecule has 0 aliphatic rings. The predicted octanol–water partition coefficient (Wildman–Crippen LogP) is 2.41. The number of sulfonamides is 1. The largest absolute Gasteiger partial charge is 0.494 e. The molecule has 20 heavy (non-hydrogen) atoms. The number of nitrogens with one attached hydrogen (secondary N) is 1. The van der Waals surface area contributed by atoms with Crippen molar-refractivity contribution in [2.45, 2.75) is 18.4 Å². The molecule has 0 radical (unpaired) electrons. The molecule has 2 aromatic rings. The summed E-state index contributed by atoms with van der Waals surface area (Å²) in [5.41, 5.74) is 6.86. The number of nitrogens with two attached hydrogens (primary N) is 1. The second kappa shape index (κ2) is 6.25. The molecule has 0 spiro atoms. The minimum Gasteiger partial charge on any atom is -0.494 e. The van der Waals surface area contributed by atoms with E-state index in [0.29, 0.717) is 23.6 Å². The first-order valence-corrected chi connectivity index (χ1v) is 8.50.